The van der Waals surface area contributed by atoms with Crippen LogP contribution in [0.4, 0.5) is 11.4 Å². The molecule has 0 saturated heterocycles. The lowest BCUT2D eigenvalue weighted by atomic mass is 10.1. The number of nitrogens with zero attached hydrogens (tertiary/aromatic N) is 1. The molecule has 1 atom stereocenters. The maximum Gasteiger partial charge on any atom is 0.269 e. The number of rotatable bonds is 4. The Bertz CT molecular complexity index is 611. The molecule has 0 spiro atoms. The van der Waals surface area contributed by atoms with Gasteiger partial charge in [-0.05, 0) is 17.7 Å². The van der Waals surface area contributed by atoms with Gasteiger partial charge in [-0.25, -0.2) is 0 Å². The Balaban J connectivity index is 2.06. The first-order valence-electron chi connectivity index (χ1n) is 5.94. The number of hydrogen-bond acceptors (Lipinski definition) is 4. The van der Waals surface area contributed by atoms with E-state index < -0.39 is 11.0 Å². The summed E-state index contributed by atoms with van der Waals surface area (Å²) < 4.78 is 0. The Morgan fingerprint density at radius 2 is 1.70 bits per heavy atom. The van der Waals surface area contributed by atoms with Crippen molar-refractivity contribution < 1.29 is 9.72 Å². The second-order valence-corrected chi connectivity index (χ2v) is 4.18. The molecule has 1 amide bonds. The van der Waals surface area contributed by atoms with Crippen LogP contribution < -0.4 is 11.1 Å². The standard InChI is InChI=1S/C14H13N3O3/c15-13(10-4-2-1-3-5-10)14(18)16-11-6-8-12(9-7-11)17(19)20/h1-9,13H,15H2,(H,16,18). The van der Waals surface area contributed by atoms with Gasteiger partial charge in [-0.15, -0.1) is 0 Å². The first-order chi connectivity index (χ1) is 9.58. The molecule has 0 aliphatic carbocycles. The summed E-state index contributed by atoms with van der Waals surface area (Å²) in [6.45, 7) is 0. The van der Waals surface area contributed by atoms with Crippen LogP contribution in [0.25, 0.3) is 0 Å². The second kappa shape index (κ2) is 5.94. The smallest absolute Gasteiger partial charge is 0.269 e. The van der Waals surface area contributed by atoms with Gasteiger partial charge in [0.2, 0.25) is 5.91 Å². The molecule has 1 unspecified atom stereocenters. The van der Waals surface area contributed by atoms with Crippen LogP contribution in [0.5, 0.6) is 0 Å². The Hall–Kier alpha value is -2.73. The van der Waals surface area contributed by atoms with E-state index >= 15 is 0 Å². The number of benzene rings is 2. The molecular formula is C14H13N3O3. The highest BCUT2D eigenvalue weighted by Crippen LogP contribution is 2.17. The first-order valence-corrected chi connectivity index (χ1v) is 5.94. The average Bonchev–Trinajstić information content (AvgIpc) is 2.48. The molecule has 0 aliphatic heterocycles. The van der Waals surface area contributed by atoms with Crippen molar-refractivity contribution in [1.82, 2.24) is 0 Å². The van der Waals surface area contributed by atoms with Crippen LogP contribution in [0, 0.1) is 10.1 Å². The van der Waals surface area contributed by atoms with Crippen molar-refractivity contribution in [1.29, 1.82) is 0 Å². The lowest BCUT2D eigenvalue weighted by molar-refractivity contribution is -0.384. The van der Waals surface area contributed by atoms with Gasteiger partial charge in [0.15, 0.2) is 0 Å². The number of nitro benzene ring substituents is 1. The van der Waals surface area contributed by atoms with Crippen molar-refractivity contribution in [3.63, 3.8) is 0 Å². The molecule has 0 heterocycles. The summed E-state index contributed by atoms with van der Waals surface area (Å²) in [4.78, 5) is 22.0. The van der Waals surface area contributed by atoms with Crippen molar-refractivity contribution in [3.8, 4) is 0 Å². The number of non-ortho nitro benzene ring substituents is 1. The molecule has 6 heteroatoms. The quantitative estimate of drug-likeness (QED) is 0.658. The van der Waals surface area contributed by atoms with Crippen LogP contribution in [0.2, 0.25) is 0 Å². The molecule has 2 rings (SSSR count). The summed E-state index contributed by atoms with van der Waals surface area (Å²) in [6.07, 6.45) is 0. The van der Waals surface area contributed by atoms with Gasteiger partial charge in [0.05, 0.1) is 4.92 Å². The van der Waals surface area contributed by atoms with Gasteiger partial charge in [0.1, 0.15) is 6.04 Å². The van der Waals surface area contributed by atoms with Crippen molar-refractivity contribution in [3.05, 3.63) is 70.3 Å². The Kier molecular flexibility index (Phi) is 4.07. The van der Waals surface area contributed by atoms with E-state index in [-0.39, 0.29) is 11.6 Å². The first kappa shape index (κ1) is 13.7. The van der Waals surface area contributed by atoms with Gasteiger partial charge < -0.3 is 11.1 Å². The SMILES string of the molecule is NC(C(=O)Nc1ccc([N+](=O)[O-])cc1)c1ccccc1. The zero-order valence-corrected chi connectivity index (χ0v) is 10.5. The van der Waals surface area contributed by atoms with E-state index in [1.165, 1.54) is 24.3 Å². The number of nitrogens with one attached hydrogen (secondary N) is 1. The lowest BCUT2D eigenvalue weighted by Gasteiger charge is -2.12. The summed E-state index contributed by atoms with van der Waals surface area (Å²) in [5, 5.41) is 13.1. The van der Waals surface area contributed by atoms with E-state index in [9.17, 15) is 14.9 Å². The normalized spacial score (nSPS) is 11.7. The fourth-order valence-corrected chi connectivity index (χ4v) is 1.70. The average molecular weight is 271 g/mol. The summed E-state index contributed by atoms with van der Waals surface area (Å²) in [7, 11) is 0. The van der Waals surface area contributed by atoms with E-state index in [1.54, 1.807) is 24.3 Å². The van der Waals surface area contributed by atoms with E-state index in [0.29, 0.717) is 11.3 Å². The number of hydrogen-bond donors (Lipinski definition) is 2. The van der Waals surface area contributed by atoms with Gasteiger partial charge in [-0.2, -0.15) is 0 Å². The second-order valence-electron chi connectivity index (χ2n) is 4.18. The minimum absolute atomic E-state index is 0.0321. The van der Waals surface area contributed by atoms with Gasteiger partial charge >= 0.3 is 0 Å². The maximum absolute atomic E-state index is 12.0. The fraction of sp³-hybridized carbons (Fsp3) is 0.0714. The van der Waals surface area contributed by atoms with Gasteiger partial charge in [0, 0.05) is 17.8 Å². The van der Waals surface area contributed by atoms with E-state index in [1.807, 2.05) is 6.07 Å². The molecule has 102 valence electrons. The molecule has 2 aromatic carbocycles. The van der Waals surface area contributed by atoms with E-state index in [0.717, 1.165) is 0 Å². The molecule has 0 bridgehead atoms. The van der Waals surface area contributed by atoms with Gasteiger partial charge in [-0.1, -0.05) is 30.3 Å². The molecule has 0 radical (unpaired) electrons. The van der Waals surface area contributed by atoms with Crippen LogP contribution >= 0.6 is 0 Å². The molecular weight excluding hydrogens is 258 g/mol. The predicted octanol–water partition coefficient (Wildman–Crippen LogP) is 2.23. The highest BCUT2D eigenvalue weighted by Gasteiger charge is 2.15. The van der Waals surface area contributed by atoms with Crippen molar-refractivity contribution in [2.45, 2.75) is 6.04 Å². The fourth-order valence-electron chi connectivity index (χ4n) is 1.70. The topological polar surface area (TPSA) is 98.3 Å². The number of carbonyl (C=O) groups excluding carboxylic acids is 1. The molecule has 0 aromatic heterocycles. The number of amides is 1. The number of anilines is 1. The van der Waals surface area contributed by atoms with Crippen LogP contribution in [-0.4, -0.2) is 10.8 Å². The van der Waals surface area contributed by atoms with E-state index in [2.05, 4.69) is 5.32 Å². The third-order valence-electron chi connectivity index (χ3n) is 2.79. The number of carbonyl (C=O) groups is 1. The largest absolute Gasteiger partial charge is 0.324 e. The molecule has 2 aromatic rings. The highest BCUT2D eigenvalue weighted by molar-refractivity contribution is 5.95. The van der Waals surface area contributed by atoms with Crippen LogP contribution in [0.15, 0.2) is 54.6 Å². The number of nitro groups is 1. The zero-order valence-electron chi connectivity index (χ0n) is 10.5. The Labute approximate surface area is 115 Å². The molecule has 3 N–H and O–H groups in total. The molecule has 0 saturated carbocycles. The Morgan fingerprint density at radius 3 is 2.25 bits per heavy atom. The number of nitrogens with two attached hydrogens (primary N) is 1. The third-order valence-corrected chi connectivity index (χ3v) is 2.79. The monoisotopic (exact) mass is 271 g/mol. The minimum Gasteiger partial charge on any atom is -0.324 e. The highest BCUT2D eigenvalue weighted by atomic mass is 16.6. The predicted molar refractivity (Wildman–Crippen MR) is 75.1 cm³/mol. The lowest BCUT2D eigenvalue weighted by Crippen LogP contribution is -2.27. The summed E-state index contributed by atoms with van der Waals surface area (Å²) in [5.41, 5.74) is 6.98. The van der Waals surface area contributed by atoms with Crippen molar-refractivity contribution in [2.75, 3.05) is 5.32 Å². The maximum atomic E-state index is 12.0. The molecule has 6 nitrogen and oxygen atoms in total. The van der Waals surface area contributed by atoms with Crippen LogP contribution in [0.1, 0.15) is 11.6 Å². The van der Waals surface area contributed by atoms with Crippen LogP contribution in [0.3, 0.4) is 0 Å². The minimum atomic E-state index is -0.786. The third kappa shape index (κ3) is 3.18. The van der Waals surface area contributed by atoms with E-state index in [4.69, 9.17) is 5.73 Å². The van der Waals surface area contributed by atoms with Crippen molar-refractivity contribution in [2.24, 2.45) is 5.73 Å². The Morgan fingerprint density at radius 1 is 1.10 bits per heavy atom. The van der Waals surface area contributed by atoms with Crippen LogP contribution in [-0.2, 0) is 4.79 Å². The molecule has 20 heavy (non-hydrogen) atoms. The summed E-state index contributed by atoms with van der Waals surface area (Å²) in [5.74, 6) is -0.370. The summed E-state index contributed by atoms with van der Waals surface area (Å²) in [6, 6.07) is 13.8. The van der Waals surface area contributed by atoms with Gasteiger partial charge in [-0.3, -0.25) is 14.9 Å². The zero-order chi connectivity index (χ0) is 14.5. The van der Waals surface area contributed by atoms with Crippen molar-refractivity contribution >= 4 is 17.3 Å². The molecule has 0 fully saturated rings. The summed E-state index contributed by atoms with van der Waals surface area (Å²) >= 11 is 0. The molecule has 0 aliphatic rings. The van der Waals surface area contributed by atoms with Gasteiger partial charge in [0.25, 0.3) is 5.69 Å².